The SMILES string of the molecule is NCC(NCC(F)(F)F)C1CCCC1. The lowest BCUT2D eigenvalue weighted by atomic mass is 9.98. The third-order valence-electron chi connectivity index (χ3n) is 2.79. The molecule has 1 aliphatic rings. The Hall–Kier alpha value is -0.290. The Morgan fingerprint density at radius 1 is 1.29 bits per heavy atom. The van der Waals surface area contributed by atoms with Gasteiger partial charge in [0.1, 0.15) is 0 Å². The molecule has 0 aliphatic heterocycles. The van der Waals surface area contributed by atoms with Gasteiger partial charge in [-0.3, -0.25) is 0 Å². The van der Waals surface area contributed by atoms with Crippen LogP contribution in [0, 0.1) is 5.92 Å². The molecule has 0 radical (unpaired) electrons. The highest BCUT2D eigenvalue weighted by Gasteiger charge is 2.30. The van der Waals surface area contributed by atoms with E-state index in [0.717, 1.165) is 25.7 Å². The zero-order chi connectivity index (χ0) is 10.6. The predicted molar refractivity (Wildman–Crippen MR) is 48.9 cm³/mol. The molecule has 3 N–H and O–H groups in total. The van der Waals surface area contributed by atoms with E-state index < -0.39 is 12.7 Å². The van der Waals surface area contributed by atoms with Gasteiger partial charge < -0.3 is 11.1 Å². The van der Waals surface area contributed by atoms with Gasteiger partial charge in [0.2, 0.25) is 0 Å². The Balaban J connectivity index is 2.31. The highest BCUT2D eigenvalue weighted by Crippen LogP contribution is 2.27. The molecule has 2 nitrogen and oxygen atoms in total. The lowest BCUT2D eigenvalue weighted by Crippen LogP contribution is -2.45. The van der Waals surface area contributed by atoms with E-state index >= 15 is 0 Å². The zero-order valence-electron chi connectivity index (χ0n) is 8.11. The normalized spacial score (nSPS) is 21.4. The number of rotatable bonds is 4. The van der Waals surface area contributed by atoms with Gasteiger partial charge in [-0.1, -0.05) is 12.8 Å². The Labute approximate surface area is 82.0 Å². The molecule has 0 bridgehead atoms. The van der Waals surface area contributed by atoms with Crippen molar-refractivity contribution >= 4 is 0 Å². The van der Waals surface area contributed by atoms with Gasteiger partial charge in [-0.05, 0) is 18.8 Å². The first-order valence-electron chi connectivity index (χ1n) is 5.03. The van der Waals surface area contributed by atoms with Crippen LogP contribution in [0.1, 0.15) is 25.7 Å². The molecule has 1 aliphatic carbocycles. The second-order valence-corrected chi connectivity index (χ2v) is 3.88. The van der Waals surface area contributed by atoms with Crippen molar-refractivity contribution in [3.05, 3.63) is 0 Å². The summed E-state index contributed by atoms with van der Waals surface area (Å²) in [6.45, 7) is -0.633. The smallest absolute Gasteiger partial charge is 0.329 e. The summed E-state index contributed by atoms with van der Waals surface area (Å²) in [5, 5.41) is 2.50. The van der Waals surface area contributed by atoms with Crippen molar-refractivity contribution in [2.75, 3.05) is 13.1 Å². The third kappa shape index (κ3) is 3.84. The van der Waals surface area contributed by atoms with Crippen molar-refractivity contribution in [2.24, 2.45) is 11.7 Å². The molecule has 1 fully saturated rings. The first kappa shape index (κ1) is 11.8. The highest BCUT2D eigenvalue weighted by atomic mass is 19.4. The molecule has 0 aromatic carbocycles. The molecule has 0 aromatic heterocycles. The molecule has 1 saturated carbocycles. The molecular weight excluding hydrogens is 193 g/mol. The van der Waals surface area contributed by atoms with Gasteiger partial charge in [0.15, 0.2) is 0 Å². The Morgan fingerprint density at radius 3 is 2.29 bits per heavy atom. The average Bonchev–Trinajstić information content (AvgIpc) is 2.56. The summed E-state index contributed by atoms with van der Waals surface area (Å²) in [6, 6.07) is -0.167. The standard InChI is InChI=1S/C9H17F3N2/c10-9(11,12)6-14-8(5-13)7-3-1-2-4-7/h7-8,14H,1-6,13H2. The van der Waals surface area contributed by atoms with E-state index in [1.165, 1.54) is 0 Å². The fraction of sp³-hybridized carbons (Fsp3) is 1.00. The second kappa shape index (κ2) is 4.98. The maximum absolute atomic E-state index is 11.9. The number of alkyl halides is 3. The van der Waals surface area contributed by atoms with E-state index in [9.17, 15) is 13.2 Å². The molecule has 0 heterocycles. The zero-order valence-corrected chi connectivity index (χ0v) is 8.11. The molecule has 1 rings (SSSR count). The second-order valence-electron chi connectivity index (χ2n) is 3.88. The number of halogens is 3. The van der Waals surface area contributed by atoms with Gasteiger partial charge in [-0.2, -0.15) is 13.2 Å². The van der Waals surface area contributed by atoms with Crippen LogP contribution >= 0.6 is 0 Å². The van der Waals surface area contributed by atoms with Crippen LogP contribution < -0.4 is 11.1 Å². The number of hydrogen-bond donors (Lipinski definition) is 2. The fourth-order valence-electron chi connectivity index (χ4n) is 2.05. The quantitative estimate of drug-likeness (QED) is 0.740. The number of hydrogen-bond acceptors (Lipinski definition) is 2. The van der Waals surface area contributed by atoms with E-state index in [4.69, 9.17) is 5.73 Å². The van der Waals surface area contributed by atoms with E-state index in [2.05, 4.69) is 5.32 Å². The maximum Gasteiger partial charge on any atom is 0.401 e. The monoisotopic (exact) mass is 210 g/mol. The predicted octanol–water partition coefficient (Wildman–Crippen LogP) is 1.66. The first-order valence-corrected chi connectivity index (χ1v) is 5.03. The van der Waals surface area contributed by atoms with E-state index in [1.807, 2.05) is 0 Å². The molecule has 84 valence electrons. The molecule has 0 amide bonds. The highest BCUT2D eigenvalue weighted by molar-refractivity contribution is 4.81. The van der Waals surface area contributed by atoms with Gasteiger partial charge in [-0.15, -0.1) is 0 Å². The molecule has 14 heavy (non-hydrogen) atoms. The summed E-state index contributed by atoms with van der Waals surface area (Å²) in [6.07, 6.45) is 0.120. The van der Waals surface area contributed by atoms with Crippen LogP contribution in [-0.2, 0) is 0 Å². The largest absolute Gasteiger partial charge is 0.401 e. The fourth-order valence-corrected chi connectivity index (χ4v) is 2.05. The van der Waals surface area contributed by atoms with Crippen LogP contribution in [0.25, 0.3) is 0 Å². The summed E-state index contributed by atoms with van der Waals surface area (Å²) in [4.78, 5) is 0. The average molecular weight is 210 g/mol. The van der Waals surface area contributed by atoms with Crippen molar-refractivity contribution in [1.82, 2.24) is 5.32 Å². The molecule has 5 heteroatoms. The summed E-state index contributed by atoms with van der Waals surface area (Å²) in [7, 11) is 0. The van der Waals surface area contributed by atoms with Crippen LogP contribution in [0.5, 0.6) is 0 Å². The summed E-state index contributed by atoms with van der Waals surface area (Å²) >= 11 is 0. The maximum atomic E-state index is 11.9. The minimum atomic E-state index is -4.13. The Bertz CT molecular complexity index is 164. The Morgan fingerprint density at radius 2 is 1.86 bits per heavy atom. The molecule has 1 unspecified atom stereocenters. The molecule has 0 spiro atoms. The van der Waals surface area contributed by atoms with Crippen molar-refractivity contribution in [3.8, 4) is 0 Å². The van der Waals surface area contributed by atoms with Crippen molar-refractivity contribution < 1.29 is 13.2 Å². The van der Waals surface area contributed by atoms with Gasteiger partial charge in [0, 0.05) is 12.6 Å². The van der Waals surface area contributed by atoms with E-state index in [1.54, 1.807) is 0 Å². The molecular formula is C9H17F3N2. The minimum Gasteiger partial charge on any atom is -0.329 e. The minimum absolute atomic E-state index is 0.167. The summed E-state index contributed by atoms with van der Waals surface area (Å²) in [5.74, 6) is 0.336. The lowest BCUT2D eigenvalue weighted by molar-refractivity contribution is -0.126. The van der Waals surface area contributed by atoms with Gasteiger partial charge in [-0.25, -0.2) is 0 Å². The number of nitrogens with one attached hydrogen (secondary N) is 1. The van der Waals surface area contributed by atoms with E-state index in [0.29, 0.717) is 12.5 Å². The van der Waals surface area contributed by atoms with Gasteiger partial charge in [0.25, 0.3) is 0 Å². The van der Waals surface area contributed by atoms with Crippen molar-refractivity contribution in [2.45, 2.75) is 37.9 Å². The van der Waals surface area contributed by atoms with Crippen molar-refractivity contribution in [3.63, 3.8) is 0 Å². The van der Waals surface area contributed by atoms with Crippen LogP contribution in [0.15, 0.2) is 0 Å². The first-order chi connectivity index (χ1) is 6.53. The molecule has 1 atom stereocenters. The van der Waals surface area contributed by atoms with Crippen LogP contribution in [0.4, 0.5) is 13.2 Å². The molecule has 0 saturated heterocycles. The Kier molecular flexibility index (Phi) is 4.19. The van der Waals surface area contributed by atoms with Crippen LogP contribution in [-0.4, -0.2) is 25.3 Å². The van der Waals surface area contributed by atoms with Gasteiger partial charge in [0.05, 0.1) is 6.54 Å². The summed E-state index contributed by atoms with van der Waals surface area (Å²) in [5.41, 5.74) is 5.45. The lowest BCUT2D eigenvalue weighted by Gasteiger charge is -2.23. The third-order valence-corrected chi connectivity index (χ3v) is 2.79. The topological polar surface area (TPSA) is 38.0 Å². The summed E-state index contributed by atoms with van der Waals surface area (Å²) < 4.78 is 35.8. The molecule has 0 aromatic rings. The number of nitrogens with two attached hydrogens (primary N) is 1. The van der Waals surface area contributed by atoms with Crippen LogP contribution in [0.3, 0.4) is 0 Å². The van der Waals surface area contributed by atoms with E-state index in [-0.39, 0.29) is 6.04 Å². The van der Waals surface area contributed by atoms with Gasteiger partial charge >= 0.3 is 6.18 Å². The van der Waals surface area contributed by atoms with Crippen LogP contribution in [0.2, 0.25) is 0 Å². The van der Waals surface area contributed by atoms with Crippen molar-refractivity contribution in [1.29, 1.82) is 0 Å².